The van der Waals surface area contributed by atoms with Crippen LogP contribution in [-0.2, 0) is 24.2 Å². The van der Waals surface area contributed by atoms with Crippen molar-refractivity contribution in [2.24, 2.45) is 0 Å². The molecule has 1 aromatic heterocycles. The summed E-state index contributed by atoms with van der Waals surface area (Å²) in [5, 5.41) is 3.25. The fourth-order valence-corrected chi connectivity index (χ4v) is 4.44. The Balaban J connectivity index is 1.48. The summed E-state index contributed by atoms with van der Waals surface area (Å²) in [6, 6.07) is 7.91. The summed E-state index contributed by atoms with van der Waals surface area (Å²) in [7, 11) is 5.69. The topological polar surface area (TPSA) is 70.6 Å². The quantitative estimate of drug-likeness (QED) is 0.791. The summed E-state index contributed by atoms with van der Waals surface area (Å²) >= 11 is 0. The summed E-state index contributed by atoms with van der Waals surface area (Å²) in [6.07, 6.45) is 4.07. The third-order valence-electron chi connectivity index (χ3n) is 6.16. The second kappa shape index (κ2) is 9.00. The monoisotopic (exact) mass is 409 g/mol. The number of nitrogens with zero attached hydrogens (tertiary/aromatic N) is 4. The second-order valence-electron chi connectivity index (χ2n) is 8.19. The van der Waals surface area contributed by atoms with Gasteiger partial charge in [-0.15, -0.1) is 0 Å². The fourth-order valence-electron chi connectivity index (χ4n) is 4.44. The van der Waals surface area contributed by atoms with Gasteiger partial charge >= 0.3 is 0 Å². The first-order valence-electron chi connectivity index (χ1n) is 10.8. The van der Waals surface area contributed by atoms with E-state index in [1.54, 1.807) is 7.11 Å². The van der Waals surface area contributed by atoms with Crippen LogP contribution < -0.4 is 10.1 Å². The van der Waals surface area contributed by atoms with E-state index in [4.69, 9.17) is 14.7 Å². The molecule has 2 aliphatic rings. The maximum Gasteiger partial charge on any atom is 0.223 e. The molecular weight excluding hydrogens is 378 g/mol. The van der Waals surface area contributed by atoms with Gasteiger partial charge < -0.3 is 19.9 Å². The summed E-state index contributed by atoms with van der Waals surface area (Å²) in [4.78, 5) is 27.1. The Kier molecular flexibility index (Phi) is 6.18. The van der Waals surface area contributed by atoms with Gasteiger partial charge in [-0.25, -0.2) is 9.97 Å². The first kappa shape index (κ1) is 20.6. The van der Waals surface area contributed by atoms with E-state index < -0.39 is 0 Å². The zero-order valence-corrected chi connectivity index (χ0v) is 18.1. The Bertz CT molecular complexity index is 882. The van der Waals surface area contributed by atoms with E-state index in [9.17, 15) is 4.79 Å². The predicted molar refractivity (Wildman–Crippen MR) is 117 cm³/mol. The molecule has 3 heterocycles. The molecule has 1 fully saturated rings. The number of likely N-dealkylation sites (tertiary alicyclic amines) is 1. The van der Waals surface area contributed by atoms with Crippen molar-refractivity contribution in [2.75, 3.05) is 39.6 Å². The number of aryl methyl sites for hydroxylation is 1. The number of benzene rings is 1. The first-order valence-corrected chi connectivity index (χ1v) is 10.8. The lowest BCUT2D eigenvalue weighted by molar-refractivity contribution is -0.132. The Morgan fingerprint density at radius 2 is 2.03 bits per heavy atom. The predicted octanol–water partition coefficient (Wildman–Crippen LogP) is 2.81. The van der Waals surface area contributed by atoms with Crippen LogP contribution in [-0.4, -0.2) is 60.0 Å². The van der Waals surface area contributed by atoms with Gasteiger partial charge in [0, 0.05) is 45.1 Å². The van der Waals surface area contributed by atoms with E-state index in [0.717, 1.165) is 74.0 Å². The zero-order chi connectivity index (χ0) is 21.1. The van der Waals surface area contributed by atoms with Crippen molar-refractivity contribution in [1.29, 1.82) is 0 Å². The minimum atomic E-state index is -0.0228. The van der Waals surface area contributed by atoms with Gasteiger partial charge in [0.25, 0.3) is 0 Å². The molecule has 1 N–H and O–H groups in total. The third-order valence-corrected chi connectivity index (χ3v) is 6.16. The van der Waals surface area contributed by atoms with Crippen LogP contribution in [0.4, 0.5) is 5.82 Å². The van der Waals surface area contributed by atoms with E-state index in [0.29, 0.717) is 6.42 Å². The van der Waals surface area contributed by atoms with Crippen molar-refractivity contribution < 1.29 is 9.53 Å². The van der Waals surface area contributed by atoms with E-state index in [1.807, 2.05) is 36.2 Å². The van der Waals surface area contributed by atoms with Crippen molar-refractivity contribution in [1.82, 2.24) is 19.8 Å². The summed E-state index contributed by atoms with van der Waals surface area (Å²) in [6.45, 7) is 2.65. The lowest BCUT2D eigenvalue weighted by Gasteiger charge is -2.29. The number of hydrogen-bond acceptors (Lipinski definition) is 6. The molecule has 0 spiro atoms. The van der Waals surface area contributed by atoms with Crippen LogP contribution in [0.15, 0.2) is 24.3 Å². The molecule has 2 aromatic rings. The van der Waals surface area contributed by atoms with Gasteiger partial charge in [-0.05, 0) is 44.0 Å². The van der Waals surface area contributed by atoms with Crippen LogP contribution in [0.5, 0.6) is 5.75 Å². The van der Waals surface area contributed by atoms with Gasteiger partial charge in [0.1, 0.15) is 11.6 Å². The number of ether oxygens (including phenoxy) is 1. The molecule has 7 nitrogen and oxygen atoms in total. The smallest absolute Gasteiger partial charge is 0.223 e. The molecule has 160 valence electrons. The number of aromatic nitrogens is 2. The van der Waals surface area contributed by atoms with Crippen molar-refractivity contribution >= 4 is 11.7 Å². The molecule has 0 bridgehead atoms. The van der Waals surface area contributed by atoms with Crippen molar-refractivity contribution in [2.45, 2.75) is 44.7 Å². The van der Waals surface area contributed by atoms with Crippen LogP contribution in [0.3, 0.4) is 0 Å². The second-order valence-corrected chi connectivity index (χ2v) is 8.19. The average Bonchev–Trinajstić information content (AvgIpc) is 3.27. The van der Waals surface area contributed by atoms with Crippen LogP contribution in [0.25, 0.3) is 0 Å². The minimum Gasteiger partial charge on any atom is -0.497 e. The highest BCUT2D eigenvalue weighted by molar-refractivity contribution is 5.77. The molecule has 2 aliphatic heterocycles. The maximum absolute atomic E-state index is 13.0. The van der Waals surface area contributed by atoms with Crippen LogP contribution >= 0.6 is 0 Å². The van der Waals surface area contributed by atoms with Gasteiger partial charge in [-0.3, -0.25) is 4.79 Å². The van der Waals surface area contributed by atoms with E-state index in [-0.39, 0.29) is 11.9 Å². The molecular formula is C23H31N5O2. The Hall–Kier alpha value is -2.67. The lowest BCUT2D eigenvalue weighted by Crippen LogP contribution is -2.33. The Morgan fingerprint density at radius 3 is 2.77 bits per heavy atom. The van der Waals surface area contributed by atoms with Gasteiger partial charge in [-0.1, -0.05) is 12.1 Å². The molecule has 0 radical (unpaired) electrons. The molecule has 1 atom stereocenters. The molecule has 0 saturated carbocycles. The summed E-state index contributed by atoms with van der Waals surface area (Å²) < 4.78 is 5.21. The molecule has 7 heteroatoms. The summed E-state index contributed by atoms with van der Waals surface area (Å²) in [5.74, 6) is 2.71. The number of amides is 1. The number of fused-ring (bicyclic) bond motifs is 1. The number of rotatable bonds is 6. The van der Waals surface area contributed by atoms with Crippen molar-refractivity contribution in [3.05, 3.63) is 46.9 Å². The van der Waals surface area contributed by atoms with Gasteiger partial charge in [0.2, 0.25) is 5.91 Å². The third kappa shape index (κ3) is 4.26. The van der Waals surface area contributed by atoms with Crippen molar-refractivity contribution in [3.8, 4) is 5.75 Å². The first-order chi connectivity index (χ1) is 14.6. The molecule has 1 saturated heterocycles. The Morgan fingerprint density at radius 1 is 1.23 bits per heavy atom. The standard InChI is InChI=1S/C23H31N5O2/c1-24-22-18-15-27(2)14-12-19(18)25-23(26-22)20-5-4-13-28(20)21(29)11-8-16-6-9-17(30-3)10-7-16/h6-7,9-10,20H,4-5,8,11-15H2,1-3H3,(H,24,25,26). The number of hydrogen-bond donors (Lipinski definition) is 1. The van der Waals surface area contributed by atoms with E-state index in [1.165, 1.54) is 5.56 Å². The van der Waals surface area contributed by atoms with Gasteiger partial charge in [0.15, 0.2) is 5.82 Å². The maximum atomic E-state index is 13.0. The molecule has 1 aromatic carbocycles. The highest BCUT2D eigenvalue weighted by Crippen LogP contribution is 2.33. The number of methoxy groups -OCH3 is 1. The SMILES string of the molecule is CNc1nc(C2CCCN2C(=O)CCc2ccc(OC)cc2)nc2c1CN(C)CC2. The minimum absolute atomic E-state index is 0.0228. The summed E-state index contributed by atoms with van der Waals surface area (Å²) in [5.41, 5.74) is 3.46. The molecule has 1 amide bonds. The number of carbonyl (C=O) groups is 1. The van der Waals surface area contributed by atoms with E-state index >= 15 is 0 Å². The fraction of sp³-hybridized carbons (Fsp3) is 0.522. The van der Waals surface area contributed by atoms with Gasteiger partial charge in [0.05, 0.1) is 18.8 Å². The van der Waals surface area contributed by atoms with E-state index in [2.05, 4.69) is 17.3 Å². The number of carbonyl (C=O) groups excluding carboxylic acids is 1. The van der Waals surface area contributed by atoms with Gasteiger partial charge in [-0.2, -0.15) is 0 Å². The number of likely N-dealkylation sites (N-methyl/N-ethyl adjacent to an activating group) is 1. The largest absolute Gasteiger partial charge is 0.497 e. The molecule has 1 unspecified atom stereocenters. The average molecular weight is 410 g/mol. The number of nitrogens with one attached hydrogen (secondary N) is 1. The molecule has 0 aliphatic carbocycles. The van der Waals surface area contributed by atoms with Crippen molar-refractivity contribution in [3.63, 3.8) is 0 Å². The lowest BCUT2D eigenvalue weighted by atomic mass is 10.1. The molecule has 4 rings (SSSR count). The van der Waals surface area contributed by atoms with Crippen LogP contribution in [0, 0.1) is 0 Å². The normalized spacial score (nSPS) is 18.9. The zero-order valence-electron chi connectivity index (χ0n) is 18.1. The van der Waals surface area contributed by atoms with Crippen LogP contribution in [0.2, 0.25) is 0 Å². The highest BCUT2D eigenvalue weighted by Gasteiger charge is 2.33. The highest BCUT2D eigenvalue weighted by atomic mass is 16.5. The van der Waals surface area contributed by atoms with Crippen LogP contribution in [0.1, 0.15) is 47.9 Å². The number of anilines is 1. The molecule has 30 heavy (non-hydrogen) atoms. The Labute approximate surface area is 178 Å².